The van der Waals surface area contributed by atoms with E-state index in [4.69, 9.17) is 4.74 Å². The second kappa shape index (κ2) is 4.91. The lowest BCUT2D eigenvalue weighted by Gasteiger charge is -2.10. The van der Waals surface area contributed by atoms with Crippen LogP contribution in [0.15, 0.2) is 23.2 Å². The maximum atomic E-state index is 12.2. The number of hydrogen-bond donors (Lipinski definition) is 0. The monoisotopic (exact) mass is 314 g/mol. The molecule has 3 rings (SSSR count). The molecule has 0 radical (unpaired) electrons. The molecule has 1 aliphatic carbocycles. The second-order valence-electron chi connectivity index (χ2n) is 4.84. The van der Waals surface area contributed by atoms with Crippen LogP contribution in [-0.2, 0) is 13.5 Å². The van der Waals surface area contributed by atoms with Crippen LogP contribution in [0.5, 0.6) is 5.75 Å². The van der Waals surface area contributed by atoms with Crippen LogP contribution < -0.4 is 9.54 Å². The Balaban J connectivity index is 1.92. The minimum atomic E-state index is -4.32. The fourth-order valence-electron chi connectivity index (χ4n) is 2.53. The topological polar surface area (TPSA) is 26.5 Å². The number of fused-ring (bicyclic) bond motifs is 3. The van der Waals surface area contributed by atoms with Crippen LogP contribution in [0.4, 0.5) is 13.2 Å². The van der Waals surface area contributed by atoms with Crippen LogP contribution in [0, 0.1) is 0 Å². The van der Waals surface area contributed by atoms with Gasteiger partial charge >= 0.3 is 6.18 Å². The van der Waals surface area contributed by atoms with Crippen molar-refractivity contribution in [3.8, 4) is 17.0 Å². The largest absolute Gasteiger partial charge is 0.484 e. The van der Waals surface area contributed by atoms with Gasteiger partial charge in [0.15, 0.2) is 11.4 Å². The number of nitrogens with zero attached hydrogens (tertiary/aromatic N) is 2. The summed E-state index contributed by atoms with van der Waals surface area (Å²) in [5.74, 6) is 0.254. The highest BCUT2D eigenvalue weighted by atomic mass is 32.1. The van der Waals surface area contributed by atoms with Crippen molar-refractivity contribution in [3.63, 3.8) is 0 Å². The van der Waals surface area contributed by atoms with E-state index in [2.05, 4.69) is 4.99 Å². The van der Waals surface area contributed by atoms with Crippen LogP contribution in [0.1, 0.15) is 10.4 Å². The highest BCUT2D eigenvalue weighted by molar-refractivity contribution is 7.09. The van der Waals surface area contributed by atoms with E-state index in [1.165, 1.54) is 4.88 Å². The SMILES string of the molecule is CN=c1sc2c(n1C)-c1ccc(OCC(F)(F)F)cc1C2. The highest BCUT2D eigenvalue weighted by Gasteiger charge is 2.29. The Kier molecular flexibility index (Phi) is 3.32. The molecule has 2 aromatic rings. The fraction of sp³-hybridized carbons (Fsp3) is 0.357. The van der Waals surface area contributed by atoms with Gasteiger partial charge < -0.3 is 9.30 Å². The van der Waals surface area contributed by atoms with Gasteiger partial charge in [0.2, 0.25) is 0 Å². The number of ether oxygens (including phenoxy) is 1. The summed E-state index contributed by atoms with van der Waals surface area (Å²) in [6, 6.07) is 5.09. The summed E-state index contributed by atoms with van der Waals surface area (Å²) >= 11 is 1.60. The van der Waals surface area contributed by atoms with Crippen molar-refractivity contribution < 1.29 is 17.9 Å². The maximum absolute atomic E-state index is 12.2. The van der Waals surface area contributed by atoms with Crippen molar-refractivity contribution in [3.05, 3.63) is 33.4 Å². The average molecular weight is 314 g/mol. The molecule has 0 saturated heterocycles. The molecule has 112 valence electrons. The van der Waals surface area contributed by atoms with Crippen LogP contribution in [-0.4, -0.2) is 24.4 Å². The Morgan fingerprint density at radius 1 is 1.38 bits per heavy atom. The number of aromatic nitrogens is 1. The van der Waals surface area contributed by atoms with E-state index < -0.39 is 12.8 Å². The first-order valence-corrected chi connectivity index (χ1v) is 7.15. The molecule has 0 bridgehead atoms. The third-order valence-electron chi connectivity index (χ3n) is 3.38. The zero-order valence-electron chi connectivity index (χ0n) is 11.5. The van der Waals surface area contributed by atoms with Gasteiger partial charge in [-0.2, -0.15) is 13.2 Å². The number of benzene rings is 1. The van der Waals surface area contributed by atoms with Crippen molar-refractivity contribution in [1.29, 1.82) is 0 Å². The lowest BCUT2D eigenvalue weighted by molar-refractivity contribution is -0.153. The second-order valence-corrected chi connectivity index (χ2v) is 5.90. The van der Waals surface area contributed by atoms with Crippen molar-refractivity contribution in [2.45, 2.75) is 12.6 Å². The van der Waals surface area contributed by atoms with Crippen LogP contribution in [0.25, 0.3) is 11.3 Å². The molecule has 1 aromatic carbocycles. The number of halogens is 3. The van der Waals surface area contributed by atoms with Crippen molar-refractivity contribution in [2.24, 2.45) is 12.0 Å². The predicted octanol–water partition coefficient (Wildman–Crippen LogP) is 3.13. The summed E-state index contributed by atoms with van der Waals surface area (Å²) in [6.07, 6.45) is -3.61. The number of thiazole rings is 1. The first-order chi connectivity index (χ1) is 9.89. The van der Waals surface area contributed by atoms with Gasteiger partial charge in [-0.3, -0.25) is 4.99 Å². The zero-order valence-corrected chi connectivity index (χ0v) is 12.3. The molecule has 21 heavy (non-hydrogen) atoms. The fourth-order valence-corrected chi connectivity index (χ4v) is 3.64. The standard InChI is InChI=1S/C14H13F3N2OS/c1-18-13-19(2)12-10-4-3-9(20-7-14(15,16)17)5-8(10)6-11(12)21-13/h3-5H,6-7H2,1-2H3. The Bertz CT molecular complexity index is 759. The molecule has 0 unspecified atom stereocenters. The molecule has 0 aliphatic heterocycles. The Hall–Kier alpha value is -1.76. The van der Waals surface area contributed by atoms with Crippen LogP contribution in [0.3, 0.4) is 0 Å². The number of rotatable bonds is 2. The van der Waals surface area contributed by atoms with Gasteiger partial charge in [-0.05, 0) is 23.8 Å². The lowest BCUT2D eigenvalue weighted by Crippen LogP contribution is -2.19. The highest BCUT2D eigenvalue weighted by Crippen LogP contribution is 2.39. The van der Waals surface area contributed by atoms with Crippen LogP contribution in [0.2, 0.25) is 0 Å². The summed E-state index contributed by atoms with van der Waals surface area (Å²) in [4.78, 5) is 6.33. The molecular weight excluding hydrogens is 301 g/mol. The van der Waals surface area contributed by atoms with Crippen LogP contribution >= 0.6 is 11.3 Å². The van der Waals surface area contributed by atoms with Gasteiger partial charge in [0.25, 0.3) is 0 Å². The molecule has 0 atom stereocenters. The molecule has 7 heteroatoms. The smallest absolute Gasteiger partial charge is 0.422 e. The molecule has 0 fully saturated rings. The quantitative estimate of drug-likeness (QED) is 0.714. The van der Waals surface area contributed by atoms with E-state index in [0.29, 0.717) is 6.42 Å². The van der Waals surface area contributed by atoms with E-state index in [1.54, 1.807) is 30.5 Å². The van der Waals surface area contributed by atoms with E-state index in [0.717, 1.165) is 21.6 Å². The predicted molar refractivity (Wildman–Crippen MR) is 74.6 cm³/mol. The summed E-state index contributed by atoms with van der Waals surface area (Å²) in [5.41, 5.74) is 3.13. The number of hydrogen-bond acceptors (Lipinski definition) is 3. The maximum Gasteiger partial charge on any atom is 0.422 e. The minimum absolute atomic E-state index is 0.254. The average Bonchev–Trinajstić information content (AvgIpc) is 2.91. The molecule has 1 aromatic heterocycles. The normalized spacial score (nSPS) is 14.2. The molecule has 3 nitrogen and oxygen atoms in total. The molecule has 0 spiro atoms. The molecule has 1 aliphatic rings. The Labute approximate surface area is 123 Å². The van der Waals surface area contributed by atoms with Gasteiger partial charge in [-0.25, -0.2) is 0 Å². The van der Waals surface area contributed by atoms with E-state index >= 15 is 0 Å². The Morgan fingerprint density at radius 3 is 2.81 bits per heavy atom. The molecule has 0 saturated carbocycles. The van der Waals surface area contributed by atoms with Gasteiger partial charge in [0, 0.05) is 31.0 Å². The zero-order chi connectivity index (χ0) is 15.2. The van der Waals surface area contributed by atoms with Gasteiger partial charge in [0.1, 0.15) is 5.75 Å². The van der Waals surface area contributed by atoms with Crippen molar-refractivity contribution >= 4 is 11.3 Å². The van der Waals surface area contributed by atoms with Crippen molar-refractivity contribution in [2.75, 3.05) is 13.7 Å². The lowest BCUT2D eigenvalue weighted by atomic mass is 10.1. The Morgan fingerprint density at radius 2 is 2.14 bits per heavy atom. The third kappa shape index (κ3) is 2.57. The first-order valence-electron chi connectivity index (χ1n) is 6.33. The van der Waals surface area contributed by atoms with Gasteiger partial charge in [-0.15, -0.1) is 11.3 Å². The van der Waals surface area contributed by atoms with Gasteiger partial charge in [0.05, 0.1) is 5.69 Å². The molecule has 1 heterocycles. The van der Waals surface area contributed by atoms with E-state index in [1.807, 2.05) is 17.7 Å². The van der Waals surface area contributed by atoms with Crippen molar-refractivity contribution in [1.82, 2.24) is 4.57 Å². The summed E-state index contributed by atoms with van der Waals surface area (Å²) in [6.45, 7) is -1.26. The third-order valence-corrected chi connectivity index (χ3v) is 4.60. The number of alkyl halides is 3. The first kappa shape index (κ1) is 14.2. The van der Waals surface area contributed by atoms with Gasteiger partial charge in [-0.1, -0.05) is 0 Å². The summed E-state index contributed by atoms with van der Waals surface area (Å²) < 4.78 is 43.4. The van der Waals surface area contributed by atoms with E-state index in [9.17, 15) is 13.2 Å². The summed E-state index contributed by atoms with van der Waals surface area (Å²) in [7, 11) is 3.69. The molecular formula is C14H13F3N2OS. The van der Waals surface area contributed by atoms with E-state index in [-0.39, 0.29) is 5.75 Å². The molecule has 0 amide bonds. The summed E-state index contributed by atoms with van der Waals surface area (Å²) in [5, 5.41) is 0. The minimum Gasteiger partial charge on any atom is -0.484 e. The molecule has 0 N–H and O–H groups in total.